The fourth-order valence-electron chi connectivity index (χ4n) is 4.03. The van der Waals surface area contributed by atoms with Crippen molar-refractivity contribution in [1.82, 2.24) is 9.21 Å². The first-order valence-electron chi connectivity index (χ1n) is 11.1. The molecule has 1 saturated heterocycles. The predicted octanol–water partition coefficient (Wildman–Crippen LogP) is 3.98. The van der Waals surface area contributed by atoms with Gasteiger partial charge in [-0.25, -0.2) is 8.42 Å². The average Bonchev–Trinajstić information content (AvgIpc) is 2.80. The Hall–Kier alpha value is -2.38. The first kappa shape index (κ1) is 23.3. The molecule has 6 nitrogen and oxygen atoms in total. The van der Waals surface area contributed by atoms with Crippen LogP contribution in [0.5, 0.6) is 0 Å². The quantitative estimate of drug-likeness (QED) is 0.619. The van der Waals surface area contributed by atoms with E-state index in [1.165, 1.54) is 35.3 Å². The lowest BCUT2D eigenvalue weighted by atomic mass is 10.1. The van der Waals surface area contributed by atoms with Crippen molar-refractivity contribution in [2.75, 3.05) is 38.1 Å². The molecule has 31 heavy (non-hydrogen) atoms. The van der Waals surface area contributed by atoms with Crippen LogP contribution in [0.4, 0.5) is 5.69 Å². The molecular weight excluding hydrogens is 410 g/mol. The molecular formula is C24H33N3O3S. The second kappa shape index (κ2) is 10.3. The third-order valence-corrected chi connectivity index (χ3v) is 7.89. The summed E-state index contributed by atoms with van der Waals surface area (Å²) in [6, 6.07) is 14.7. The van der Waals surface area contributed by atoms with Gasteiger partial charge in [0.1, 0.15) is 0 Å². The number of hydrogen-bond donors (Lipinski definition) is 0. The van der Waals surface area contributed by atoms with E-state index in [-0.39, 0.29) is 10.8 Å². The maximum absolute atomic E-state index is 13.0. The van der Waals surface area contributed by atoms with Crippen LogP contribution < -0.4 is 4.90 Å². The number of sulfonamides is 1. The van der Waals surface area contributed by atoms with Gasteiger partial charge in [-0.05, 0) is 55.2 Å². The molecule has 3 rings (SSSR count). The molecule has 168 valence electrons. The number of amides is 1. The minimum Gasteiger partial charge on any atom is -0.372 e. The zero-order chi connectivity index (χ0) is 22.4. The van der Waals surface area contributed by atoms with E-state index in [1.807, 2.05) is 0 Å². The van der Waals surface area contributed by atoms with Crippen LogP contribution in [0.3, 0.4) is 0 Å². The predicted molar refractivity (Wildman–Crippen MR) is 125 cm³/mol. The molecule has 0 radical (unpaired) electrons. The molecule has 0 spiro atoms. The molecule has 1 heterocycles. The van der Waals surface area contributed by atoms with Crippen LogP contribution in [0.1, 0.15) is 49.0 Å². The van der Waals surface area contributed by atoms with Crippen LogP contribution in [0.2, 0.25) is 0 Å². The second-order valence-electron chi connectivity index (χ2n) is 7.99. The Morgan fingerprint density at radius 1 is 0.968 bits per heavy atom. The van der Waals surface area contributed by atoms with E-state index in [0.717, 1.165) is 18.7 Å². The molecule has 1 amide bonds. The van der Waals surface area contributed by atoms with Crippen LogP contribution in [0.25, 0.3) is 0 Å². The van der Waals surface area contributed by atoms with Gasteiger partial charge in [-0.3, -0.25) is 4.79 Å². The van der Waals surface area contributed by atoms with Gasteiger partial charge in [0.25, 0.3) is 5.91 Å². The summed E-state index contributed by atoms with van der Waals surface area (Å²) >= 11 is 0. The third kappa shape index (κ3) is 5.46. The smallest absolute Gasteiger partial charge is 0.253 e. The number of carbonyl (C=O) groups excluding carboxylic acids is 1. The zero-order valence-corrected chi connectivity index (χ0v) is 19.6. The van der Waals surface area contributed by atoms with Crippen LogP contribution >= 0.6 is 0 Å². The Bertz CT molecular complexity index is 979. The summed E-state index contributed by atoms with van der Waals surface area (Å²) in [4.78, 5) is 17.1. The lowest BCUT2D eigenvalue weighted by Crippen LogP contribution is -2.31. The molecule has 0 aromatic heterocycles. The number of rotatable bonds is 8. The summed E-state index contributed by atoms with van der Waals surface area (Å²) in [6.07, 6.45) is 3.78. The van der Waals surface area contributed by atoms with Gasteiger partial charge in [-0.1, -0.05) is 32.0 Å². The minimum absolute atomic E-state index is 0.154. The Kier molecular flexibility index (Phi) is 7.73. The van der Waals surface area contributed by atoms with E-state index >= 15 is 0 Å². The molecule has 1 aliphatic rings. The normalized spacial score (nSPS) is 14.6. The van der Waals surface area contributed by atoms with Gasteiger partial charge in [0.05, 0.1) is 4.90 Å². The Morgan fingerprint density at radius 2 is 1.61 bits per heavy atom. The fraction of sp³-hybridized carbons (Fsp3) is 0.458. The molecule has 2 aromatic rings. The molecule has 0 N–H and O–H groups in total. The Morgan fingerprint density at radius 3 is 2.23 bits per heavy atom. The topological polar surface area (TPSA) is 60.9 Å². The number of carbonyl (C=O) groups is 1. The van der Waals surface area contributed by atoms with Crippen LogP contribution in [0.15, 0.2) is 53.4 Å². The van der Waals surface area contributed by atoms with Crippen molar-refractivity contribution in [3.8, 4) is 0 Å². The first-order valence-corrected chi connectivity index (χ1v) is 12.5. The molecule has 2 aromatic carbocycles. The summed E-state index contributed by atoms with van der Waals surface area (Å²) in [5.74, 6) is -0.197. The first-order chi connectivity index (χ1) is 14.9. The van der Waals surface area contributed by atoms with Gasteiger partial charge in [-0.2, -0.15) is 4.31 Å². The second-order valence-corrected chi connectivity index (χ2v) is 9.93. The molecule has 1 aliphatic heterocycles. The van der Waals surface area contributed by atoms with Crippen LogP contribution in [-0.2, 0) is 16.6 Å². The lowest BCUT2D eigenvalue weighted by Gasteiger charge is -2.29. The number of anilines is 1. The van der Waals surface area contributed by atoms with E-state index in [9.17, 15) is 13.2 Å². The number of nitrogens with zero attached hydrogens (tertiary/aromatic N) is 3. The average molecular weight is 444 g/mol. The largest absolute Gasteiger partial charge is 0.372 e. The van der Waals surface area contributed by atoms with Gasteiger partial charge in [0.2, 0.25) is 10.0 Å². The number of hydrogen-bond acceptors (Lipinski definition) is 4. The van der Waals surface area contributed by atoms with Crippen molar-refractivity contribution in [3.05, 3.63) is 59.7 Å². The van der Waals surface area contributed by atoms with E-state index in [1.54, 1.807) is 44.0 Å². The van der Waals surface area contributed by atoms with Gasteiger partial charge >= 0.3 is 0 Å². The Balaban J connectivity index is 1.70. The van der Waals surface area contributed by atoms with Crippen molar-refractivity contribution in [1.29, 1.82) is 0 Å². The van der Waals surface area contributed by atoms with Gasteiger partial charge in [0.15, 0.2) is 0 Å². The van der Waals surface area contributed by atoms with Gasteiger partial charge < -0.3 is 9.80 Å². The summed E-state index contributed by atoms with van der Waals surface area (Å²) in [5, 5.41) is 0. The molecule has 0 atom stereocenters. The lowest BCUT2D eigenvalue weighted by molar-refractivity contribution is 0.0785. The summed E-state index contributed by atoms with van der Waals surface area (Å²) < 4.78 is 27.0. The van der Waals surface area contributed by atoms with E-state index in [0.29, 0.717) is 25.2 Å². The molecule has 7 heteroatoms. The maximum atomic E-state index is 13.0. The van der Waals surface area contributed by atoms with Gasteiger partial charge in [-0.15, -0.1) is 0 Å². The van der Waals surface area contributed by atoms with E-state index in [2.05, 4.69) is 29.2 Å². The van der Waals surface area contributed by atoms with Crippen LogP contribution in [-0.4, -0.2) is 56.8 Å². The highest BCUT2D eigenvalue weighted by Crippen LogP contribution is 2.22. The molecule has 0 bridgehead atoms. The zero-order valence-electron chi connectivity index (χ0n) is 18.8. The summed E-state index contributed by atoms with van der Waals surface area (Å²) in [7, 11) is -1.86. The Labute approximate surface area is 186 Å². The molecule has 0 aliphatic carbocycles. The van der Waals surface area contributed by atoms with Crippen molar-refractivity contribution < 1.29 is 13.2 Å². The van der Waals surface area contributed by atoms with Crippen molar-refractivity contribution in [3.63, 3.8) is 0 Å². The monoisotopic (exact) mass is 443 g/mol. The number of benzene rings is 2. The summed E-state index contributed by atoms with van der Waals surface area (Å²) in [5.41, 5.74) is 2.65. The highest BCUT2D eigenvalue weighted by atomic mass is 32.2. The minimum atomic E-state index is -3.60. The molecule has 1 fully saturated rings. The SMILES string of the molecule is CCN(CC)S(=O)(=O)c1cccc(C(=O)N(C)Cc2ccc(N3CCCCC3)cc2)c1. The standard InChI is InChI=1S/C24H33N3O3S/c1-4-27(5-2)31(29,30)23-11-9-10-21(18-23)24(28)25(3)19-20-12-14-22(15-13-20)26-16-7-6-8-17-26/h9-15,18H,4-8,16-17,19H2,1-3H3. The van der Waals surface area contributed by atoms with Gasteiger partial charge in [0, 0.05) is 51.0 Å². The number of piperidine rings is 1. The summed E-state index contributed by atoms with van der Waals surface area (Å²) in [6.45, 7) is 7.07. The molecule has 0 unspecified atom stereocenters. The highest BCUT2D eigenvalue weighted by Gasteiger charge is 2.23. The van der Waals surface area contributed by atoms with E-state index < -0.39 is 10.0 Å². The molecule has 0 saturated carbocycles. The van der Waals surface area contributed by atoms with Crippen molar-refractivity contribution in [2.24, 2.45) is 0 Å². The van der Waals surface area contributed by atoms with Crippen molar-refractivity contribution >= 4 is 21.6 Å². The fourth-order valence-corrected chi connectivity index (χ4v) is 5.54. The highest BCUT2D eigenvalue weighted by molar-refractivity contribution is 7.89. The van der Waals surface area contributed by atoms with Crippen molar-refractivity contribution in [2.45, 2.75) is 44.6 Å². The van der Waals surface area contributed by atoms with Crippen LogP contribution in [0, 0.1) is 0 Å². The van der Waals surface area contributed by atoms with E-state index in [4.69, 9.17) is 0 Å². The third-order valence-electron chi connectivity index (χ3n) is 5.85. The maximum Gasteiger partial charge on any atom is 0.253 e.